The van der Waals surface area contributed by atoms with Gasteiger partial charge in [-0.05, 0) is 36.8 Å². The van der Waals surface area contributed by atoms with E-state index in [0.29, 0.717) is 6.04 Å². The first-order chi connectivity index (χ1) is 13.4. The molecule has 0 aromatic carbocycles. The molecule has 2 unspecified atom stereocenters. The van der Waals surface area contributed by atoms with Gasteiger partial charge < -0.3 is 5.32 Å². The third kappa shape index (κ3) is 7.05. The molecule has 0 spiro atoms. The Labute approximate surface area is 166 Å². The second-order valence-corrected chi connectivity index (χ2v) is 8.33. The quantitative estimate of drug-likeness (QED) is 0.560. The second kappa shape index (κ2) is 11.8. The summed E-state index contributed by atoms with van der Waals surface area (Å²) in [5, 5.41) is 3.92. The lowest BCUT2D eigenvalue weighted by molar-refractivity contribution is 0.252. The lowest BCUT2D eigenvalue weighted by Crippen LogP contribution is -2.35. The van der Waals surface area contributed by atoms with Crippen LogP contribution in [0.25, 0.3) is 0 Å². The van der Waals surface area contributed by atoms with Crippen molar-refractivity contribution in [3.63, 3.8) is 0 Å². The van der Waals surface area contributed by atoms with E-state index in [4.69, 9.17) is 0 Å². The summed E-state index contributed by atoms with van der Waals surface area (Å²) in [6, 6.07) is 0.646. The minimum absolute atomic E-state index is 0.646. The monoisotopic (exact) mass is 363 g/mol. The van der Waals surface area contributed by atoms with Gasteiger partial charge in [-0.1, -0.05) is 112 Å². The molecule has 0 saturated heterocycles. The van der Waals surface area contributed by atoms with E-state index in [-0.39, 0.29) is 0 Å². The normalized spacial score (nSPS) is 33.4. The zero-order valence-corrected chi connectivity index (χ0v) is 16.9. The maximum absolute atomic E-state index is 3.92. The van der Waals surface area contributed by atoms with Gasteiger partial charge in [-0.2, -0.15) is 0 Å². The van der Waals surface area contributed by atoms with Crippen LogP contribution in [0.4, 0.5) is 0 Å². The van der Waals surface area contributed by atoms with Gasteiger partial charge in [0.15, 0.2) is 0 Å². The fourth-order valence-corrected chi connectivity index (χ4v) is 4.96. The van der Waals surface area contributed by atoms with E-state index in [9.17, 15) is 0 Å². The van der Waals surface area contributed by atoms with E-state index >= 15 is 0 Å². The minimum atomic E-state index is 0.646. The Hall–Kier alpha value is -1.76. The van der Waals surface area contributed by atoms with Gasteiger partial charge in [-0.25, -0.2) is 0 Å². The van der Waals surface area contributed by atoms with E-state index < -0.39 is 0 Å². The molecule has 0 heterocycles. The third-order valence-electron chi connectivity index (χ3n) is 6.37. The van der Waals surface area contributed by atoms with Gasteiger partial charge in [0, 0.05) is 11.7 Å². The first kappa shape index (κ1) is 20.0. The van der Waals surface area contributed by atoms with Gasteiger partial charge in [0.25, 0.3) is 0 Å². The van der Waals surface area contributed by atoms with Crippen molar-refractivity contribution in [3.8, 4) is 0 Å². The Kier molecular flexibility index (Phi) is 8.77. The molecule has 3 aliphatic rings. The van der Waals surface area contributed by atoms with Gasteiger partial charge >= 0.3 is 0 Å². The van der Waals surface area contributed by atoms with Crippen molar-refractivity contribution in [2.75, 3.05) is 0 Å². The first-order valence-corrected chi connectivity index (χ1v) is 11.2. The van der Waals surface area contributed by atoms with E-state index in [2.05, 4.69) is 72.2 Å². The van der Waals surface area contributed by atoms with Gasteiger partial charge in [-0.3, -0.25) is 0 Å². The van der Waals surface area contributed by atoms with Crippen LogP contribution < -0.4 is 5.32 Å². The molecule has 1 nitrogen and oxygen atoms in total. The lowest BCUT2D eigenvalue weighted by Gasteiger charge is -2.30. The molecular formula is C26H37N. The molecule has 0 aromatic rings. The van der Waals surface area contributed by atoms with Crippen molar-refractivity contribution in [1.82, 2.24) is 5.32 Å². The molecule has 146 valence electrons. The van der Waals surface area contributed by atoms with Gasteiger partial charge in [0.1, 0.15) is 0 Å². The average Bonchev–Trinajstić information content (AvgIpc) is 3.16. The second-order valence-electron chi connectivity index (χ2n) is 8.33. The van der Waals surface area contributed by atoms with Crippen molar-refractivity contribution >= 4 is 0 Å². The first-order valence-electron chi connectivity index (χ1n) is 11.2. The van der Waals surface area contributed by atoms with Crippen LogP contribution in [-0.2, 0) is 0 Å². The SMILES string of the molecule is C1=C\C=C/C=C(NC2CCCC2C2CCCCCCCC2)\C=C/C=C/C=C1. The van der Waals surface area contributed by atoms with Crippen LogP contribution in [-0.4, -0.2) is 6.04 Å². The molecule has 0 aliphatic heterocycles. The Balaban J connectivity index is 1.66. The Morgan fingerprint density at radius 3 is 1.85 bits per heavy atom. The molecule has 0 amide bonds. The van der Waals surface area contributed by atoms with Crippen molar-refractivity contribution in [3.05, 3.63) is 72.5 Å². The molecule has 3 rings (SSSR count). The van der Waals surface area contributed by atoms with E-state index in [1.54, 1.807) is 0 Å². The standard InChI is InChI=1S/C26H37N/c1-2-4-10-14-19-24(20-15-11-5-3-1)27-26-22-16-21-25(26)23-17-12-8-6-7-9-13-18-23/h1-5,10-11,14-15,19-20,23,25-27H,6-9,12-13,16-18,21-22H2/b2-1?,3-1?,4-2?,5-3?,10-4+,11-5?,14-10?,15-11-,19-14-,20-15?,24-19?,24-20+. The van der Waals surface area contributed by atoms with E-state index in [0.717, 1.165) is 11.8 Å². The highest BCUT2D eigenvalue weighted by molar-refractivity contribution is 5.29. The number of nitrogens with one attached hydrogen (secondary N) is 1. The van der Waals surface area contributed by atoms with Crippen LogP contribution in [0.5, 0.6) is 0 Å². The lowest BCUT2D eigenvalue weighted by atomic mass is 9.81. The topological polar surface area (TPSA) is 12.0 Å². The summed E-state index contributed by atoms with van der Waals surface area (Å²) in [5.41, 5.74) is 1.24. The van der Waals surface area contributed by atoms with Crippen LogP contribution in [0.15, 0.2) is 72.5 Å². The highest BCUT2D eigenvalue weighted by atomic mass is 14.9. The fourth-order valence-electron chi connectivity index (χ4n) is 4.96. The zero-order valence-electron chi connectivity index (χ0n) is 16.9. The molecule has 0 aromatic heterocycles. The fraction of sp³-hybridized carbons (Fsp3) is 0.538. The van der Waals surface area contributed by atoms with Gasteiger partial charge in [0.05, 0.1) is 0 Å². The average molecular weight is 364 g/mol. The van der Waals surface area contributed by atoms with Gasteiger partial charge in [0.2, 0.25) is 0 Å². The molecule has 0 bridgehead atoms. The van der Waals surface area contributed by atoms with Crippen LogP contribution in [0, 0.1) is 11.8 Å². The molecule has 1 N–H and O–H groups in total. The van der Waals surface area contributed by atoms with Crippen LogP contribution >= 0.6 is 0 Å². The third-order valence-corrected chi connectivity index (χ3v) is 6.37. The van der Waals surface area contributed by atoms with Gasteiger partial charge in [-0.15, -0.1) is 0 Å². The molecular weight excluding hydrogens is 326 g/mol. The van der Waals surface area contributed by atoms with Crippen molar-refractivity contribution in [2.24, 2.45) is 11.8 Å². The summed E-state index contributed by atoms with van der Waals surface area (Å²) >= 11 is 0. The number of allylic oxidation sites excluding steroid dienone is 11. The summed E-state index contributed by atoms with van der Waals surface area (Å²) in [5.74, 6) is 1.79. The summed E-state index contributed by atoms with van der Waals surface area (Å²) < 4.78 is 0. The molecule has 2 fully saturated rings. The molecule has 2 saturated carbocycles. The van der Waals surface area contributed by atoms with Crippen molar-refractivity contribution in [1.29, 1.82) is 0 Å². The predicted molar refractivity (Wildman–Crippen MR) is 118 cm³/mol. The summed E-state index contributed by atoms with van der Waals surface area (Å²) in [6.07, 6.45) is 39.1. The van der Waals surface area contributed by atoms with E-state index in [1.807, 2.05) is 0 Å². The Morgan fingerprint density at radius 2 is 1.15 bits per heavy atom. The van der Waals surface area contributed by atoms with Crippen molar-refractivity contribution < 1.29 is 0 Å². The van der Waals surface area contributed by atoms with Crippen LogP contribution in [0.3, 0.4) is 0 Å². The number of hydrogen-bond donors (Lipinski definition) is 1. The smallest absolute Gasteiger partial charge is 0.0342 e. The molecule has 1 heteroatoms. The molecule has 0 radical (unpaired) electrons. The maximum Gasteiger partial charge on any atom is 0.0342 e. The van der Waals surface area contributed by atoms with Crippen molar-refractivity contribution in [2.45, 2.75) is 76.7 Å². The zero-order chi connectivity index (χ0) is 18.6. The number of rotatable bonds is 3. The number of hydrogen-bond acceptors (Lipinski definition) is 1. The maximum atomic E-state index is 3.92. The minimum Gasteiger partial charge on any atom is -0.382 e. The van der Waals surface area contributed by atoms with Crippen LogP contribution in [0.1, 0.15) is 70.6 Å². The predicted octanol–water partition coefficient (Wildman–Crippen LogP) is 7.17. The molecule has 2 atom stereocenters. The van der Waals surface area contributed by atoms with Crippen LogP contribution in [0.2, 0.25) is 0 Å². The highest BCUT2D eigenvalue weighted by Gasteiger charge is 2.33. The van der Waals surface area contributed by atoms with E-state index in [1.165, 1.54) is 76.3 Å². The highest BCUT2D eigenvalue weighted by Crippen LogP contribution is 2.38. The molecule has 3 aliphatic carbocycles. The largest absolute Gasteiger partial charge is 0.382 e. The summed E-state index contributed by atoms with van der Waals surface area (Å²) in [4.78, 5) is 0. The Morgan fingerprint density at radius 1 is 0.556 bits per heavy atom. The Bertz CT molecular complexity index is 592. The molecule has 27 heavy (non-hydrogen) atoms. The summed E-state index contributed by atoms with van der Waals surface area (Å²) in [7, 11) is 0. The summed E-state index contributed by atoms with van der Waals surface area (Å²) in [6.45, 7) is 0.